The van der Waals surface area contributed by atoms with Crippen LogP contribution in [-0.4, -0.2) is 36.4 Å². The first-order chi connectivity index (χ1) is 15.5. The van der Waals surface area contributed by atoms with Gasteiger partial charge in [-0.1, -0.05) is 47.1 Å². The third-order valence-electron chi connectivity index (χ3n) is 5.18. The van der Waals surface area contributed by atoms with Crippen LogP contribution in [0.15, 0.2) is 52.8 Å². The third-order valence-corrected chi connectivity index (χ3v) is 5.18. The zero-order valence-electron chi connectivity index (χ0n) is 20.6. The molecule has 0 unspecified atom stereocenters. The molecule has 0 saturated carbocycles. The van der Waals surface area contributed by atoms with Crippen molar-refractivity contribution >= 4 is 18.0 Å². The summed E-state index contributed by atoms with van der Waals surface area (Å²) in [5.74, 6) is -0.271. The first kappa shape index (κ1) is 27.4. The van der Waals surface area contributed by atoms with E-state index in [2.05, 4.69) is 18.1 Å². The molecule has 1 aliphatic heterocycles. The highest BCUT2D eigenvalue weighted by molar-refractivity contribution is 5.68. The molecule has 0 N–H and O–H groups in total. The standard InChI is InChI=1S/C24H34FN3O2.C2H6/c1-5-8-15-26-28(22-11-9-21(25)10-12-22)18-19(4)20-13-16-27(17-14-20)24(29)30-23(6-2)7-3;1-2/h9-13,15,18,23H,5-8,14,16-17H2,1-4H3;1-2H3/b19-18+,26-15+;. The summed E-state index contributed by atoms with van der Waals surface area (Å²) in [5, 5.41) is 6.32. The van der Waals surface area contributed by atoms with Crippen molar-refractivity contribution in [2.45, 2.75) is 79.8 Å². The second-order valence-electron chi connectivity index (χ2n) is 7.47. The lowest BCUT2D eigenvalue weighted by molar-refractivity contribution is 0.0612. The minimum absolute atomic E-state index is 0.0187. The summed E-state index contributed by atoms with van der Waals surface area (Å²) in [7, 11) is 0. The molecule has 1 aromatic rings. The van der Waals surface area contributed by atoms with Crippen molar-refractivity contribution in [3.63, 3.8) is 0 Å². The SMILES string of the molecule is CC.CCC/C=N/N(/C=C(\C)C1=CCN(C(=O)OC(CC)CC)CC1)c1ccc(F)cc1. The number of allylic oxidation sites excluding steroid dienone is 1. The molecule has 32 heavy (non-hydrogen) atoms. The average Bonchev–Trinajstić information content (AvgIpc) is 2.83. The zero-order valence-corrected chi connectivity index (χ0v) is 20.6. The van der Waals surface area contributed by atoms with Crippen LogP contribution in [0.1, 0.15) is 73.6 Å². The normalized spacial score (nSPS) is 14.2. The summed E-state index contributed by atoms with van der Waals surface area (Å²) in [6, 6.07) is 6.30. The van der Waals surface area contributed by atoms with E-state index in [1.165, 1.54) is 17.7 Å². The van der Waals surface area contributed by atoms with Crippen molar-refractivity contribution in [2.24, 2.45) is 5.10 Å². The highest BCUT2D eigenvalue weighted by Gasteiger charge is 2.21. The first-order valence-electron chi connectivity index (χ1n) is 11.9. The Kier molecular flexibility index (Phi) is 13.0. The van der Waals surface area contributed by atoms with Gasteiger partial charge in [0.25, 0.3) is 0 Å². The number of benzene rings is 1. The number of carbonyl (C=O) groups is 1. The predicted octanol–water partition coefficient (Wildman–Crippen LogP) is 7.31. The van der Waals surface area contributed by atoms with Crippen LogP contribution in [-0.2, 0) is 4.74 Å². The minimum Gasteiger partial charge on any atom is -0.446 e. The molecule has 5 nitrogen and oxygen atoms in total. The molecule has 0 bridgehead atoms. The second-order valence-corrected chi connectivity index (χ2v) is 7.47. The largest absolute Gasteiger partial charge is 0.446 e. The summed E-state index contributed by atoms with van der Waals surface area (Å²) in [6.45, 7) is 13.4. The van der Waals surface area contributed by atoms with Gasteiger partial charge in [0.2, 0.25) is 0 Å². The van der Waals surface area contributed by atoms with Crippen molar-refractivity contribution in [3.05, 3.63) is 53.5 Å². The molecule has 1 amide bonds. The molecular weight excluding hydrogens is 405 g/mol. The molecule has 1 heterocycles. The Bertz CT molecular complexity index is 768. The van der Waals surface area contributed by atoms with E-state index in [0.717, 1.165) is 43.4 Å². The lowest BCUT2D eigenvalue weighted by Gasteiger charge is -2.28. The average molecular weight is 446 g/mol. The van der Waals surface area contributed by atoms with E-state index in [1.807, 2.05) is 47.0 Å². The third kappa shape index (κ3) is 8.85. The minimum atomic E-state index is -0.271. The van der Waals surface area contributed by atoms with Gasteiger partial charge in [0, 0.05) is 25.5 Å². The van der Waals surface area contributed by atoms with Crippen LogP contribution < -0.4 is 5.01 Å². The molecule has 0 fully saturated rings. The number of ether oxygens (including phenoxy) is 1. The van der Waals surface area contributed by atoms with Gasteiger partial charge in [-0.15, -0.1) is 0 Å². The van der Waals surface area contributed by atoms with Gasteiger partial charge in [-0.2, -0.15) is 5.10 Å². The Morgan fingerprint density at radius 1 is 1.22 bits per heavy atom. The van der Waals surface area contributed by atoms with Gasteiger partial charge in [0.1, 0.15) is 11.9 Å². The Morgan fingerprint density at radius 2 is 1.88 bits per heavy atom. The number of rotatable bonds is 9. The van der Waals surface area contributed by atoms with Crippen molar-refractivity contribution < 1.29 is 13.9 Å². The molecule has 0 aromatic heterocycles. The quantitative estimate of drug-likeness (QED) is 0.296. The molecule has 0 atom stereocenters. The molecule has 0 radical (unpaired) electrons. The van der Waals surface area contributed by atoms with Crippen molar-refractivity contribution in [1.29, 1.82) is 0 Å². The molecule has 0 saturated heterocycles. The van der Waals surface area contributed by atoms with Crippen molar-refractivity contribution in [2.75, 3.05) is 18.1 Å². The van der Waals surface area contributed by atoms with Gasteiger partial charge in [0.15, 0.2) is 0 Å². The molecule has 1 aromatic carbocycles. The number of anilines is 1. The monoisotopic (exact) mass is 445 g/mol. The lowest BCUT2D eigenvalue weighted by atomic mass is 10.0. The van der Waals surface area contributed by atoms with Crippen LogP contribution in [0.4, 0.5) is 14.9 Å². The van der Waals surface area contributed by atoms with Crippen LogP contribution in [0.3, 0.4) is 0 Å². The summed E-state index contributed by atoms with van der Waals surface area (Å²) in [6.07, 6.45) is 9.96. The Morgan fingerprint density at radius 3 is 2.41 bits per heavy atom. The highest BCUT2D eigenvalue weighted by atomic mass is 19.1. The van der Waals surface area contributed by atoms with Gasteiger partial charge in [-0.05, 0) is 68.0 Å². The number of halogens is 1. The van der Waals surface area contributed by atoms with E-state index in [4.69, 9.17) is 4.74 Å². The Labute approximate surface area is 193 Å². The zero-order chi connectivity index (χ0) is 23.9. The van der Waals surface area contributed by atoms with Crippen LogP contribution >= 0.6 is 0 Å². The maximum Gasteiger partial charge on any atom is 0.410 e. The summed E-state index contributed by atoms with van der Waals surface area (Å²) < 4.78 is 18.9. The molecule has 1 aliphatic rings. The lowest BCUT2D eigenvalue weighted by Crippen LogP contribution is -2.37. The number of carbonyl (C=O) groups excluding carboxylic acids is 1. The maximum absolute atomic E-state index is 13.3. The second kappa shape index (κ2) is 15.2. The molecule has 2 rings (SSSR count). The fourth-order valence-electron chi connectivity index (χ4n) is 3.18. The Hall–Kier alpha value is -2.63. The number of nitrogens with zero attached hydrogens (tertiary/aromatic N) is 3. The van der Waals surface area contributed by atoms with E-state index in [-0.39, 0.29) is 18.0 Å². The van der Waals surface area contributed by atoms with Crippen molar-refractivity contribution in [1.82, 2.24) is 4.90 Å². The predicted molar refractivity (Wildman–Crippen MR) is 133 cm³/mol. The fraction of sp³-hybridized carbons (Fsp3) is 0.538. The van der Waals surface area contributed by atoms with Gasteiger partial charge in [-0.3, -0.25) is 0 Å². The van der Waals surface area contributed by atoms with Crippen LogP contribution in [0.2, 0.25) is 0 Å². The van der Waals surface area contributed by atoms with E-state index in [1.54, 1.807) is 22.0 Å². The maximum atomic E-state index is 13.3. The van der Waals surface area contributed by atoms with Gasteiger partial charge >= 0.3 is 6.09 Å². The Balaban J connectivity index is 0.00000249. The van der Waals surface area contributed by atoms with E-state index in [9.17, 15) is 9.18 Å². The van der Waals surface area contributed by atoms with Gasteiger partial charge in [0.05, 0.1) is 5.69 Å². The smallest absolute Gasteiger partial charge is 0.410 e. The van der Waals surface area contributed by atoms with E-state index < -0.39 is 0 Å². The highest BCUT2D eigenvalue weighted by Crippen LogP contribution is 2.23. The fourth-order valence-corrected chi connectivity index (χ4v) is 3.18. The number of amides is 1. The molecule has 178 valence electrons. The first-order valence-corrected chi connectivity index (χ1v) is 11.9. The number of hydrogen-bond donors (Lipinski definition) is 0. The molecular formula is C26H40FN3O2. The molecule has 0 aliphatic carbocycles. The summed E-state index contributed by atoms with van der Waals surface area (Å²) >= 11 is 0. The number of unbranched alkanes of at least 4 members (excludes halogenated alkanes) is 1. The van der Waals surface area contributed by atoms with Crippen molar-refractivity contribution in [3.8, 4) is 0 Å². The molecule has 0 spiro atoms. The van der Waals surface area contributed by atoms with E-state index >= 15 is 0 Å². The summed E-state index contributed by atoms with van der Waals surface area (Å²) in [5.41, 5.74) is 3.05. The van der Waals surface area contributed by atoms with Crippen LogP contribution in [0.5, 0.6) is 0 Å². The van der Waals surface area contributed by atoms with Gasteiger partial charge < -0.3 is 9.64 Å². The summed E-state index contributed by atoms with van der Waals surface area (Å²) in [4.78, 5) is 14.1. The topological polar surface area (TPSA) is 45.1 Å². The number of hydrazone groups is 1. The van der Waals surface area contributed by atoms with E-state index in [0.29, 0.717) is 13.1 Å². The van der Waals surface area contributed by atoms with Gasteiger partial charge in [-0.25, -0.2) is 14.2 Å². The molecule has 6 heteroatoms. The van der Waals surface area contributed by atoms with Crippen LogP contribution in [0.25, 0.3) is 0 Å². The van der Waals surface area contributed by atoms with Crippen LogP contribution in [0, 0.1) is 5.82 Å². The number of hydrogen-bond acceptors (Lipinski definition) is 4.